The van der Waals surface area contributed by atoms with Crippen LogP contribution in [0.15, 0.2) is 36.4 Å². The molecule has 0 aliphatic heterocycles. The second-order valence-corrected chi connectivity index (χ2v) is 6.86. The topological polar surface area (TPSA) is 38.3 Å². The highest BCUT2D eigenvalue weighted by molar-refractivity contribution is 5.88. The Bertz CT molecular complexity index is 695. The van der Waals surface area contributed by atoms with E-state index in [9.17, 15) is 4.79 Å². The number of carbonyl (C=O) groups is 1. The maximum atomic E-state index is 12.5. The molecule has 0 saturated heterocycles. The van der Waals surface area contributed by atoms with Gasteiger partial charge in [0.05, 0.1) is 13.0 Å². The van der Waals surface area contributed by atoms with Gasteiger partial charge in [0.1, 0.15) is 5.75 Å². The van der Waals surface area contributed by atoms with Crippen molar-refractivity contribution in [3.05, 3.63) is 42.0 Å². The third-order valence-electron chi connectivity index (χ3n) is 5.07. The van der Waals surface area contributed by atoms with Crippen LogP contribution in [0.1, 0.15) is 57.9 Å². The molecule has 3 nitrogen and oxygen atoms in total. The monoisotopic (exact) mass is 341 g/mol. The van der Waals surface area contributed by atoms with Gasteiger partial charge in [0.15, 0.2) is 0 Å². The van der Waals surface area contributed by atoms with Crippen molar-refractivity contribution in [1.29, 1.82) is 0 Å². The van der Waals surface area contributed by atoms with Crippen molar-refractivity contribution in [2.24, 2.45) is 5.92 Å². The van der Waals surface area contributed by atoms with Gasteiger partial charge in [-0.15, -0.1) is 0 Å². The summed E-state index contributed by atoms with van der Waals surface area (Å²) >= 11 is 0. The van der Waals surface area contributed by atoms with Gasteiger partial charge in [-0.1, -0.05) is 57.4 Å². The summed E-state index contributed by atoms with van der Waals surface area (Å²) in [5.74, 6) is 1.40. The Morgan fingerprint density at radius 3 is 2.52 bits per heavy atom. The number of unbranched alkanes of at least 4 members (excludes halogenated alkanes) is 1. The van der Waals surface area contributed by atoms with E-state index in [0.29, 0.717) is 5.92 Å². The number of nitrogens with one attached hydrogen (secondary N) is 1. The van der Waals surface area contributed by atoms with E-state index in [4.69, 9.17) is 4.74 Å². The molecule has 3 heteroatoms. The fourth-order valence-electron chi connectivity index (χ4n) is 3.13. The summed E-state index contributed by atoms with van der Waals surface area (Å²) in [6.07, 6.45) is 4.76. The summed E-state index contributed by atoms with van der Waals surface area (Å²) in [4.78, 5) is 12.5. The van der Waals surface area contributed by atoms with Crippen LogP contribution >= 0.6 is 0 Å². The Labute approximate surface area is 151 Å². The van der Waals surface area contributed by atoms with Crippen molar-refractivity contribution >= 4 is 16.7 Å². The number of amides is 1. The van der Waals surface area contributed by atoms with E-state index in [1.165, 1.54) is 19.3 Å². The summed E-state index contributed by atoms with van der Waals surface area (Å²) in [6, 6.07) is 12.2. The van der Waals surface area contributed by atoms with Crippen LogP contribution in [0.25, 0.3) is 10.8 Å². The number of benzene rings is 2. The van der Waals surface area contributed by atoms with Gasteiger partial charge in [-0.3, -0.25) is 4.79 Å². The van der Waals surface area contributed by atoms with E-state index in [-0.39, 0.29) is 11.8 Å². The lowest BCUT2D eigenvalue weighted by Crippen LogP contribution is -2.32. The average Bonchev–Trinajstić information content (AvgIpc) is 2.66. The van der Waals surface area contributed by atoms with Crippen LogP contribution in [0.5, 0.6) is 5.75 Å². The molecule has 1 N–H and O–H groups in total. The first kappa shape index (κ1) is 19.3. The highest BCUT2D eigenvalue weighted by Crippen LogP contribution is 2.25. The van der Waals surface area contributed by atoms with Gasteiger partial charge in [0.2, 0.25) is 5.91 Å². The minimum atomic E-state index is -0.143. The molecule has 25 heavy (non-hydrogen) atoms. The van der Waals surface area contributed by atoms with Gasteiger partial charge in [-0.05, 0) is 47.7 Å². The van der Waals surface area contributed by atoms with Crippen molar-refractivity contribution in [3.63, 3.8) is 0 Å². The summed E-state index contributed by atoms with van der Waals surface area (Å²) in [6.45, 7) is 7.17. The van der Waals surface area contributed by atoms with Crippen molar-refractivity contribution in [3.8, 4) is 5.75 Å². The van der Waals surface area contributed by atoms with Crippen LogP contribution in [0.3, 0.4) is 0 Å². The second-order valence-electron chi connectivity index (χ2n) is 6.86. The largest absolute Gasteiger partial charge is 0.497 e. The second kappa shape index (κ2) is 9.45. The molecule has 0 aromatic heterocycles. The molecule has 0 heterocycles. The van der Waals surface area contributed by atoms with Crippen LogP contribution in [-0.4, -0.2) is 19.6 Å². The third-order valence-corrected chi connectivity index (χ3v) is 5.07. The molecule has 2 atom stereocenters. The fourth-order valence-corrected chi connectivity index (χ4v) is 3.13. The predicted octanol–water partition coefficient (Wildman–Crippen LogP) is 5.28. The fraction of sp³-hybridized carbons (Fsp3) is 0.500. The van der Waals surface area contributed by atoms with Gasteiger partial charge in [0.25, 0.3) is 0 Å². The molecule has 0 aliphatic carbocycles. The van der Waals surface area contributed by atoms with Gasteiger partial charge in [-0.2, -0.15) is 0 Å². The summed E-state index contributed by atoms with van der Waals surface area (Å²) in [5, 5.41) is 5.41. The smallest absolute Gasteiger partial charge is 0.227 e. The maximum absolute atomic E-state index is 12.5. The zero-order valence-corrected chi connectivity index (χ0v) is 16.0. The number of methoxy groups -OCH3 is 1. The van der Waals surface area contributed by atoms with E-state index >= 15 is 0 Å². The molecule has 0 spiro atoms. The minimum absolute atomic E-state index is 0.114. The maximum Gasteiger partial charge on any atom is 0.227 e. The molecular weight excluding hydrogens is 310 g/mol. The molecule has 0 saturated carbocycles. The molecule has 1 amide bonds. The van der Waals surface area contributed by atoms with Gasteiger partial charge in [-0.25, -0.2) is 0 Å². The molecule has 0 bridgehead atoms. The Morgan fingerprint density at radius 1 is 1.12 bits per heavy atom. The van der Waals surface area contributed by atoms with E-state index in [0.717, 1.165) is 35.1 Å². The van der Waals surface area contributed by atoms with Gasteiger partial charge >= 0.3 is 0 Å². The zero-order valence-electron chi connectivity index (χ0n) is 16.0. The lowest BCUT2D eigenvalue weighted by Gasteiger charge is -2.18. The van der Waals surface area contributed by atoms with Crippen LogP contribution in [0.4, 0.5) is 0 Å². The number of rotatable bonds is 9. The van der Waals surface area contributed by atoms with E-state index in [1.54, 1.807) is 7.11 Å². The van der Waals surface area contributed by atoms with Gasteiger partial charge < -0.3 is 10.1 Å². The highest BCUT2D eigenvalue weighted by atomic mass is 16.5. The van der Waals surface area contributed by atoms with Crippen LogP contribution < -0.4 is 10.1 Å². The summed E-state index contributed by atoms with van der Waals surface area (Å²) in [5.41, 5.74) is 1.05. The zero-order chi connectivity index (χ0) is 18.2. The Morgan fingerprint density at radius 2 is 1.84 bits per heavy atom. The first-order valence-corrected chi connectivity index (χ1v) is 9.44. The standard InChI is InChI=1S/C22H31NO2/c1-5-7-8-17(6-2)15-23-22(24)16(3)18-9-10-20-14-21(25-4)12-11-19(20)13-18/h9-14,16-17H,5-8,15H2,1-4H3,(H,23,24)/t16-,17?/m0/s1. The molecule has 1 unspecified atom stereocenters. The molecule has 136 valence electrons. The first-order chi connectivity index (χ1) is 12.1. The number of fused-ring (bicyclic) bond motifs is 1. The Kier molecular flexibility index (Phi) is 7.30. The molecule has 0 fully saturated rings. The van der Waals surface area contributed by atoms with Gasteiger partial charge in [0, 0.05) is 6.54 Å². The number of ether oxygens (including phenoxy) is 1. The van der Waals surface area contributed by atoms with Crippen LogP contribution in [-0.2, 0) is 4.79 Å². The molecule has 2 aromatic rings. The van der Waals surface area contributed by atoms with Crippen molar-refractivity contribution in [2.75, 3.05) is 13.7 Å². The molecular formula is C22H31NO2. The third kappa shape index (κ3) is 5.22. The SMILES string of the molecule is CCCCC(CC)CNC(=O)[C@@H](C)c1ccc2cc(OC)ccc2c1. The summed E-state index contributed by atoms with van der Waals surface area (Å²) in [7, 11) is 1.67. The van der Waals surface area contributed by atoms with Crippen molar-refractivity contribution in [2.45, 2.75) is 52.4 Å². The molecule has 0 radical (unpaired) electrons. The predicted molar refractivity (Wildman–Crippen MR) is 105 cm³/mol. The summed E-state index contributed by atoms with van der Waals surface area (Å²) < 4.78 is 5.27. The lowest BCUT2D eigenvalue weighted by molar-refractivity contribution is -0.122. The molecule has 0 aliphatic rings. The number of hydrogen-bond donors (Lipinski definition) is 1. The molecule has 2 rings (SSSR count). The number of hydrogen-bond acceptors (Lipinski definition) is 2. The van der Waals surface area contributed by atoms with E-state index in [1.807, 2.05) is 31.2 Å². The first-order valence-electron chi connectivity index (χ1n) is 9.44. The minimum Gasteiger partial charge on any atom is -0.497 e. The quantitative estimate of drug-likeness (QED) is 0.673. The van der Waals surface area contributed by atoms with Crippen molar-refractivity contribution in [1.82, 2.24) is 5.32 Å². The molecule has 2 aromatic carbocycles. The van der Waals surface area contributed by atoms with Crippen LogP contribution in [0.2, 0.25) is 0 Å². The number of carbonyl (C=O) groups excluding carboxylic acids is 1. The van der Waals surface area contributed by atoms with Crippen LogP contribution in [0, 0.1) is 5.92 Å². The average molecular weight is 341 g/mol. The van der Waals surface area contributed by atoms with Crippen molar-refractivity contribution < 1.29 is 9.53 Å². The van der Waals surface area contributed by atoms with E-state index < -0.39 is 0 Å². The lowest BCUT2D eigenvalue weighted by atomic mass is 9.96. The van der Waals surface area contributed by atoms with E-state index in [2.05, 4.69) is 31.3 Å². The Balaban J connectivity index is 2.02. The Hall–Kier alpha value is -2.03. The normalized spacial score (nSPS) is 13.4. The highest BCUT2D eigenvalue weighted by Gasteiger charge is 2.17.